The van der Waals surface area contributed by atoms with E-state index in [9.17, 15) is 9.18 Å². The maximum Gasteiger partial charge on any atom is 0.255 e. The summed E-state index contributed by atoms with van der Waals surface area (Å²) in [6, 6.07) is 7.52. The summed E-state index contributed by atoms with van der Waals surface area (Å²) in [5, 5.41) is 2.70. The minimum atomic E-state index is -0.493. The molecule has 2 rings (SSSR count). The number of nitrogens with one attached hydrogen (secondary N) is 1. The van der Waals surface area contributed by atoms with Gasteiger partial charge in [-0.15, -0.1) is 0 Å². The molecule has 0 unspecified atom stereocenters. The Hall–Kier alpha value is -0.920. The Morgan fingerprint density at radius 3 is 2.20 bits per heavy atom. The quantitative estimate of drug-likeness (QED) is 0.615. The summed E-state index contributed by atoms with van der Waals surface area (Å²) in [5.41, 5.74) is 6.99. The molecule has 3 nitrogen and oxygen atoms in total. The largest absolute Gasteiger partial charge is 0.399 e. The Morgan fingerprint density at radius 2 is 1.65 bits per heavy atom. The molecule has 0 aliphatic heterocycles. The molecule has 7 heteroatoms. The van der Waals surface area contributed by atoms with Crippen molar-refractivity contribution in [2.45, 2.75) is 0 Å². The lowest BCUT2D eigenvalue weighted by molar-refractivity contribution is 0.102. The van der Waals surface area contributed by atoms with Crippen LogP contribution < -0.4 is 11.1 Å². The van der Waals surface area contributed by atoms with Gasteiger partial charge in [0.25, 0.3) is 5.91 Å². The van der Waals surface area contributed by atoms with Crippen LogP contribution in [-0.2, 0) is 0 Å². The van der Waals surface area contributed by atoms with Crippen LogP contribution in [0.3, 0.4) is 0 Å². The number of anilines is 2. The van der Waals surface area contributed by atoms with Crippen molar-refractivity contribution in [2.24, 2.45) is 0 Å². The lowest BCUT2D eigenvalue weighted by atomic mass is 10.2. The molecule has 2 aromatic rings. The highest BCUT2D eigenvalue weighted by atomic mass is 79.9. The zero-order valence-corrected chi connectivity index (χ0v) is 14.6. The van der Waals surface area contributed by atoms with Crippen molar-refractivity contribution in [1.29, 1.82) is 0 Å². The molecule has 3 N–H and O–H groups in total. The lowest BCUT2D eigenvalue weighted by Gasteiger charge is -2.11. The fraction of sp³-hybridized carbons (Fsp3) is 0. The summed E-state index contributed by atoms with van der Waals surface area (Å²) in [4.78, 5) is 12.1. The second kappa shape index (κ2) is 6.24. The molecule has 0 saturated heterocycles. The molecule has 0 aromatic heterocycles. The van der Waals surface area contributed by atoms with Gasteiger partial charge in [0.1, 0.15) is 5.82 Å². The van der Waals surface area contributed by atoms with E-state index in [0.29, 0.717) is 24.8 Å². The Balaban J connectivity index is 2.30. The first-order valence-corrected chi connectivity index (χ1v) is 7.77. The van der Waals surface area contributed by atoms with Crippen molar-refractivity contribution in [3.05, 3.63) is 55.1 Å². The zero-order valence-electron chi connectivity index (χ0n) is 9.88. The molecule has 0 bridgehead atoms. The first kappa shape index (κ1) is 15.5. The van der Waals surface area contributed by atoms with Gasteiger partial charge in [0, 0.05) is 20.2 Å². The van der Waals surface area contributed by atoms with Crippen LogP contribution in [0.4, 0.5) is 15.8 Å². The molecule has 0 aliphatic carbocycles. The first-order valence-electron chi connectivity index (χ1n) is 5.39. The van der Waals surface area contributed by atoms with Crippen LogP contribution >= 0.6 is 47.8 Å². The number of rotatable bonds is 2. The maximum absolute atomic E-state index is 13.4. The van der Waals surface area contributed by atoms with Crippen LogP contribution in [0.1, 0.15) is 10.4 Å². The average molecular weight is 467 g/mol. The van der Waals surface area contributed by atoms with Gasteiger partial charge in [-0.25, -0.2) is 4.39 Å². The van der Waals surface area contributed by atoms with Crippen LogP contribution in [0.2, 0.25) is 0 Å². The van der Waals surface area contributed by atoms with Crippen LogP contribution in [-0.4, -0.2) is 5.91 Å². The fourth-order valence-corrected chi connectivity index (χ4v) is 3.20. The predicted octanol–water partition coefficient (Wildman–Crippen LogP) is 4.95. The van der Waals surface area contributed by atoms with Crippen molar-refractivity contribution in [3.8, 4) is 0 Å². The van der Waals surface area contributed by atoms with E-state index >= 15 is 0 Å². The average Bonchev–Trinajstić information content (AvgIpc) is 2.36. The van der Waals surface area contributed by atoms with Gasteiger partial charge in [0.15, 0.2) is 0 Å². The number of hydrogen-bond acceptors (Lipinski definition) is 2. The SMILES string of the molecule is Nc1cc(Br)c(NC(=O)c2ccc(Br)c(F)c2)c(Br)c1. The topological polar surface area (TPSA) is 55.1 Å². The number of hydrogen-bond donors (Lipinski definition) is 2. The Bertz CT molecular complexity index is 668. The van der Waals surface area contributed by atoms with E-state index in [1.165, 1.54) is 18.2 Å². The second-order valence-corrected chi connectivity index (χ2v) is 6.51. The van der Waals surface area contributed by atoms with Crippen LogP contribution in [0.5, 0.6) is 0 Å². The number of nitrogens with two attached hydrogens (primary N) is 1. The van der Waals surface area contributed by atoms with Crippen LogP contribution in [0.15, 0.2) is 43.7 Å². The molecule has 0 spiro atoms. The Labute approximate surface area is 140 Å². The van der Waals surface area contributed by atoms with Crippen molar-refractivity contribution in [2.75, 3.05) is 11.1 Å². The molecule has 0 saturated carbocycles. The molecule has 104 valence electrons. The molecular weight excluding hydrogens is 459 g/mol. The van der Waals surface area contributed by atoms with Crippen molar-refractivity contribution < 1.29 is 9.18 Å². The van der Waals surface area contributed by atoms with E-state index < -0.39 is 11.7 Å². The molecule has 0 atom stereocenters. The third-order valence-electron chi connectivity index (χ3n) is 2.48. The van der Waals surface area contributed by atoms with Crippen molar-refractivity contribution in [3.63, 3.8) is 0 Å². The van der Waals surface area contributed by atoms with E-state index in [1.807, 2.05) is 0 Å². The van der Waals surface area contributed by atoms with Crippen LogP contribution in [0, 0.1) is 5.82 Å². The normalized spacial score (nSPS) is 10.4. The summed E-state index contributed by atoms with van der Waals surface area (Å²) in [7, 11) is 0. The van der Waals surface area contributed by atoms with E-state index in [4.69, 9.17) is 5.73 Å². The minimum Gasteiger partial charge on any atom is -0.399 e. The number of halogens is 4. The number of carbonyl (C=O) groups excluding carboxylic acids is 1. The highest BCUT2D eigenvalue weighted by Crippen LogP contribution is 2.33. The second-order valence-electron chi connectivity index (χ2n) is 3.94. The minimum absolute atomic E-state index is 0.223. The van der Waals surface area contributed by atoms with Gasteiger partial charge in [-0.1, -0.05) is 0 Å². The Kier molecular flexibility index (Phi) is 4.82. The van der Waals surface area contributed by atoms with Crippen molar-refractivity contribution in [1.82, 2.24) is 0 Å². The van der Waals surface area contributed by atoms with E-state index in [0.717, 1.165) is 0 Å². The van der Waals surface area contributed by atoms with Gasteiger partial charge < -0.3 is 11.1 Å². The third-order valence-corrected chi connectivity index (χ3v) is 4.38. The predicted molar refractivity (Wildman–Crippen MR) is 88.3 cm³/mol. The molecule has 20 heavy (non-hydrogen) atoms. The maximum atomic E-state index is 13.4. The summed E-state index contributed by atoms with van der Waals surface area (Å²) >= 11 is 9.68. The van der Waals surface area contributed by atoms with E-state index in [2.05, 4.69) is 53.1 Å². The molecule has 2 aromatic carbocycles. The molecule has 0 radical (unpaired) electrons. The van der Waals surface area contributed by atoms with E-state index in [1.54, 1.807) is 12.1 Å². The van der Waals surface area contributed by atoms with Gasteiger partial charge in [0.2, 0.25) is 0 Å². The van der Waals surface area contributed by atoms with Crippen molar-refractivity contribution >= 4 is 65.1 Å². The highest BCUT2D eigenvalue weighted by molar-refractivity contribution is 9.11. The third kappa shape index (κ3) is 3.39. The van der Waals surface area contributed by atoms with Gasteiger partial charge in [0.05, 0.1) is 10.2 Å². The number of nitrogen functional groups attached to an aromatic ring is 1. The number of benzene rings is 2. The Morgan fingerprint density at radius 1 is 1.05 bits per heavy atom. The molecule has 1 amide bonds. The molecule has 0 fully saturated rings. The van der Waals surface area contributed by atoms with Gasteiger partial charge in [-0.2, -0.15) is 0 Å². The highest BCUT2D eigenvalue weighted by Gasteiger charge is 2.13. The number of carbonyl (C=O) groups is 1. The van der Waals surface area contributed by atoms with E-state index in [-0.39, 0.29) is 5.56 Å². The van der Waals surface area contributed by atoms with Gasteiger partial charge in [-0.3, -0.25) is 4.79 Å². The lowest BCUT2D eigenvalue weighted by Crippen LogP contribution is -2.13. The zero-order chi connectivity index (χ0) is 14.9. The first-order chi connectivity index (χ1) is 9.38. The molecule has 0 aliphatic rings. The summed E-state index contributed by atoms with van der Waals surface area (Å²) in [5.74, 6) is -0.907. The summed E-state index contributed by atoms with van der Waals surface area (Å²) in [6.45, 7) is 0. The van der Waals surface area contributed by atoms with Gasteiger partial charge >= 0.3 is 0 Å². The summed E-state index contributed by atoms with van der Waals surface area (Å²) in [6.07, 6.45) is 0. The number of amides is 1. The van der Waals surface area contributed by atoms with Crippen LogP contribution in [0.25, 0.3) is 0 Å². The molecular formula is C13H8Br3FN2O. The monoisotopic (exact) mass is 464 g/mol. The summed E-state index contributed by atoms with van der Waals surface area (Å²) < 4.78 is 15.0. The smallest absolute Gasteiger partial charge is 0.255 e. The van der Waals surface area contributed by atoms with Gasteiger partial charge in [-0.05, 0) is 78.1 Å². The fourth-order valence-electron chi connectivity index (χ4n) is 1.54. The molecule has 0 heterocycles. The standard InChI is InChI=1S/C13H8Br3FN2O/c14-8-2-1-6(3-11(8)17)13(20)19-12-9(15)4-7(18)5-10(12)16/h1-5H,18H2,(H,19,20).